The number of H-pyrrole nitrogens is 1. The largest absolute Gasteiger partial charge is 0.392 e. The molecule has 2 aromatic heterocycles. The second-order valence-corrected chi connectivity index (χ2v) is 4.73. The summed E-state index contributed by atoms with van der Waals surface area (Å²) in [5.41, 5.74) is 1.74. The number of aromatic amines is 1. The maximum Gasteiger partial charge on any atom is 0.316 e. The van der Waals surface area contributed by atoms with Crippen LogP contribution in [0.4, 0.5) is 0 Å². The molecule has 0 aliphatic carbocycles. The molecule has 0 unspecified atom stereocenters. The summed E-state index contributed by atoms with van der Waals surface area (Å²) in [5.74, 6) is -0.281. The molecule has 7 nitrogen and oxygen atoms in total. The first-order valence-electron chi connectivity index (χ1n) is 6.51. The minimum Gasteiger partial charge on any atom is -0.392 e. The van der Waals surface area contributed by atoms with Gasteiger partial charge in [0.15, 0.2) is 0 Å². The molecule has 0 bridgehead atoms. The molecular weight excluding hydrogens is 272 g/mol. The lowest BCUT2D eigenvalue weighted by Crippen LogP contribution is -2.30. The van der Waals surface area contributed by atoms with Crippen molar-refractivity contribution in [2.24, 2.45) is 0 Å². The third-order valence-electron chi connectivity index (χ3n) is 3.01. The lowest BCUT2D eigenvalue weighted by molar-refractivity contribution is 0.0880. The third kappa shape index (κ3) is 2.63. The van der Waals surface area contributed by atoms with Crippen LogP contribution in [0, 0.1) is 0 Å². The summed E-state index contributed by atoms with van der Waals surface area (Å²) < 4.78 is 4.97. The molecule has 1 amide bonds. The Morgan fingerprint density at radius 1 is 1.48 bits per heavy atom. The Labute approximate surface area is 120 Å². The van der Waals surface area contributed by atoms with Gasteiger partial charge in [-0.15, -0.1) is 0 Å². The number of carbonyl (C=O) groups is 1. The predicted octanol–water partition coefficient (Wildman–Crippen LogP) is 1.33. The predicted molar refractivity (Wildman–Crippen MR) is 75.6 cm³/mol. The van der Waals surface area contributed by atoms with Gasteiger partial charge in [-0.3, -0.25) is 4.79 Å². The number of benzene rings is 1. The molecule has 7 heteroatoms. The molecule has 0 saturated heterocycles. The number of aliphatic hydroxyl groups excluding tert-OH is 1. The van der Waals surface area contributed by atoms with E-state index < -0.39 is 12.0 Å². The van der Waals surface area contributed by atoms with Crippen molar-refractivity contribution >= 4 is 16.8 Å². The van der Waals surface area contributed by atoms with Gasteiger partial charge in [0, 0.05) is 29.2 Å². The highest BCUT2D eigenvalue weighted by Crippen LogP contribution is 2.25. The zero-order chi connectivity index (χ0) is 14.8. The average Bonchev–Trinajstić information content (AvgIpc) is 3.12. The van der Waals surface area contributed by atoms with Gasteiger partial charge in [0.1, 0.15) is 0 Å². The summed E-state index contributed by atoms with van der Waals surface area (Å²) in [5, 5.41) is 16.4. The molecule has 0 spiro atoms. The van der Waals surface area contributed by atoms with Crippen LogP contribution in [0.25, 0.3) is 22.3 Å². The molecule has 0 aliphatic rings. The molecule has 1 atom stereocenters. The second kappa shape index (κ2) is 5.37. The summed E-state index contributed by atoms with van der Waals surface area (Å²) in [6.45, 7) is 1.70. The van der Waals surface area contributed by atoms with Crippen LogP contribution in [0.5, 0.6) is 0 Å². The maximum atomic E-state index is 11.8. The Morgan fingerprint density at radius 2 is 2.33 bits per heavy atom. The van der Waals surface area contributed by atoms with Gasteiger partial charge in [-0.2, -0.15) is 4.98 Å². The number of nitrogens with zero attached hydrogens (tertiary/aromatic N) is 2. The maximum absolute atomic E-state index is 11.8. The fraction of sp³-hybridized carbons (Fsp3) is 0.214. The van der Waals surface area contributed by atoms with Crippen molar-refractivity contribution < 1.29 is 14.4 Å². The molecule has 0 saturated carbocycles. The summed E-state index contributed by atoms with van der Waals surface area (Å²) in [7, 11) is 0. The Balaban J connectivity index is 1.88. The molecule has 3 N–H and O–H groups in total. The molecule has 0 radical (unpaired) electrons. The van der Waals surface area contributed by atoms with E-state index in [1.165, 1.54) is 0 Å². The summed E-state index contributed by atoms with van der Waals surface area (Å²) in [6.07, 6.45) is 1.19. The quantitative estimate of drug-likeness (QED) is 0.671. The standard InChI is InChI=1S/C14H14N4O3/c1-8(19)7-16-13(20)14-17-12(18-21-14)10-3-2-4-11-9(10)5-6-15-11/h2-6,8,15,19H,7H2,1H3,(H,16,20)/t8-/m0/s1. The van der Waals surface area contributed by atoms with E-state index in [0.29, 0.717) is 5.82 Å². The minimum atomic E-state index is -0.634. The lowest BCUT2D eigenvalue weighted by Gasteiger charge is -2.03. The van der Waals surface area contributed by atoms with E-state index in [1.54, 1.807) is 6.92 Å². The van der Waals surface area contributed by atoms with E-state index in [-0.39, 0.29) is 12.4 Å². The highest BCUT2D eigenvalue weighted by atomic mass is 16.5. The molecule has 3 rings (SSSR count). The van der Waals surface area contributed by atoms with Crippen molar-refractivity contribution in [3.05, 3.63) is 36.4 Å². The van der Waals surface area contributed by atoms with Crippen LogP contribution in [-0.4, -0.2) is 38.8 Å². The van der Waals surface area contributed by atoms with Gasteiger partial charge in [0.2, 0.25) is 5.82 Å². The zero-order valence-corrected chi connectivity index (χ0v) is 11.3. The van der Waals surface area contributed by atoms with E-state index >= 15 is 0 Å². The highest BCUT2D eigenvalue weighted by Gasteiger charge is 2.17. The molecule has 3 aromatic rings. The number of aromatic nitrogens is 3. The Hall–Kier alpha value is -2.67. The second-order valence-electron chi connectivity index (χ2n) is 4.73. The normalized spacial score (nSPS) is 12.5. The first-order chi connectivity index (χ1) is 10.1. The molecule has 1 aromatic carbocycles. The average molecular weight is 286 g/mol. The van der Waals surface area contributed by atoms with Crippen molar-refractivity contribution in [1.82, 2.24) is 20.4 Å². The van der Waals surface area contributed by atoms with Gasteiger partial charge in [-0.25, -0.2) is 0 Å². The van der Waals surface area contributed by atoms with Crippen molar-refractivity contribution in [2.45, 2.75) is 13.0 Å². The van der Waals surface area contributed by atoms with E-state index in [9.17, 15) is 4.79 Å². The number of nitrogens with one attached hydrogen (secondary N) is 2. The van der Waals surface area contributed by atoms with E-state index in [1.807, 2.05) is 30.5 Å². The zero-order valence-electron chi connectivity index (χ0n) is 11.3. The topological polar surface area (TPSA) is 104 Å². The third-order valence-corrected chi connectivity index (χ3v) is 3.01. The summed E-state index contributed by atoms with van der Waals surface area (Å²) in [4.78, 5) is 19.0. The highest BCUT2D eigenvalue weighted by molar-refractivity contribution is 5.94. The number of aliphatic hydroxyl groups is 1. The Kier molecular flexibility index (Phi) is 3.41. The molecule has 21 heavy (non-hydrogen) atoms. The van der Waals surface area contributed by atoms with Gasteiger partial charge in [-0.05, 0) is 19.1 Å². The number of rotatable bonds is 4. The van der Waals surface area contributed by atoms with Gasteiger partial charge >= 0.3 is 11.8 Å². The van der Waals surface area contributed by atoms with Gasteiger partial charge < -0.3 is 19.9 Å². The van der Waals surface area contributed by atoms with Crippen molar-refractivity contribution in [3.63, 3.8) is 0 Å². The number of amides is 1. The van der Waals surface area contributed by atoms with Gasteiger partial charge in [0.05, 0.1) is 6.10 Å². The summed E-state index contributed by atoms with van der Waals surface area (Å²) >= 11 is 0. The van der Waals surface area contributed by atoms with Crippen LogP contribution in [0.1, 0.15) is 17.6 Å². The van der Waals surface area contributed by atoms with Crippen LogP contribution in [0.2, 0.25) is 0 Å². The first kappa shape index (κ1) is 13.3. The van der Waals surface area contributed by atoms with Crippen LogP contribution in [-0.2, 0) is 0 Å². The number of hydrogen-bond donors (Lipinski definition) is 3. The summed E-state index contributed by atoms with van der Waals surface area (Å²) in [6, 6.07) is 7.58. The van der Waals surface area contributed by atoms with E-state index in [2.05, 4.69) is 20.4 Å². The van der Waals surface area contributed by atoms with Crippen LogP contribution < -0.4 is 5.32 Å². The van der Waals surface area contributed by atoms with Crippen molar-refractivity contribution in [1.29, 1.82) is 0 Å². The minimum absolute atomic E-state index is 0.127. The molecule has 0 aliphatic heterocycles. The monoisotopic (exact) mass is 286 g/mol. The molecule has 0 fully saturated rings. The van der Waals surface area contributed by atoms with Gasteiger partial charge in [0.25, 0.3) is 0 Å². The molecular formula is C14H14N4O3. The SMILES string of the molecule is C[C@H](O)CNC(=O)c1nc(-c2cccc3[nH]ccc23)no1. The Bertz CT molecular complexity index is 775. The fourth-order valence-corrected chi connectivity index (χ4v) is 2.02. The first-order valence-corrected chi connectivity index (χ1v) is 6.51. The number of fused-ring (bicyclic) bond motifs is 1. The van der Waals surface area contributed by atoms with Crippen molar-refractivity contribution in [3.8, 4) is 11.4 Å². The van der Waals surface area contributed by atoms with E-state index in [4.69, 9.17) is 9.63 Å². The number of hydrogen-bond acceptors (Lipinski definition) is 5. The van der Waals surface area contributed by atoms with E-state index in [0.717, 1.165) is 16.5 Å². The molecule has 108 valence electrons. The lowest BCUT2D eigenvalue weighted by atomic mass is 10.1. The number of carbonyl (C=O) groups excluding carboxylic acids is 1. The van der Waals surface area contributed by atoms with Crippen LogP contribution in [0.15, 0.2) is 35.0 Å². The van der Waals surface area contributed by atoms with Crippen LogP contribution >= 0.6 is 0 Å². The fourth-order valence-electron chi connectivity index (χ4n) is 2.02. The van der Waals surface area contributed by atoms with Crippen LogP contribution in [0.3, 0.4) is 0 Å². The Morgan fingerprint density at radius 3 is 3.14 bits per heavy atom. The smallest absolute Gasteiger partial charge is 0.316 e. The molecule has 2 heterocycles. The van der Waals surface area contributed by atoms with Gasteiger partial charge in [-0.1, -0.05) is 17.3 Å². The van der Waals surface area contributed by atoms with Crippen molar-refractivity contribution in [2.75, 3.05) is 6.54 Å².